The quantitative estimate of drug-likeness (QED) is 0.547. The standard InChI is InChI=1S/C10H13NO2/c1-7-3-4-9(5-8(7)2)13-10(12)6-11/h3-5H,6,11H2,1-2H3. The first-order valence-corrected chi connectivity index (χ1v) is 4.11. The van der Waals surface area contributed by atoms with E-state index in [4.69, 9.17) is 10.5 Å². The monoisotopic (exact) mass is 179 g/mol. The number of benzene rings is 1. The Hall–Kier alpha value is -1.35. The smallest absolute Gasteiger partial charge is 0.325 e. The Morgan fingerprint density at radius 2 is 2.08 bits per heavy atom. The molecule has 70 valence electrons. The molecule has 0 unspecified atom stereocenters. The van der Waals surface area contributed by atoms with E-state index in [2.05, 4.69) is 0 Å². The van der Waals surface area contributed by atoms with Gasteiger partial charge in [0.25, 0.3) is 0 Å². The SMILES string of the molecule is Cc1ccc(OC(=O)CN)cc1C. The second-order valence-corrected chi connectivity index (χ2v) is 2.92. The lowest BCUT2D eigenvalue weighted by Crippen LogP contribution is -2.19. The van der Waals surface area contributed by atoms with Crippen molar-refractivity contribution < 1.29 is 9.53 Å². The molecule has 0 atom stereocenters. The van der Waals surface area contributed by atoms with Gasteiger partial charge < -0.3 is 10.5 Å². The van der Waals surface area contributed by atoms with Gasteiger partial charge in [-0.1, -0.05) is 6.07 Å². The molecule has 2 N–H and O–H groups in total. The van der Waals surface area contributed by atoms with E-state index in [-0.39, 0.29) is 6.54 Å². The number of ether oxygens (including phenoxy) is 1. The van der Waals surface area contributed by atoms with Crippen molar-refractivity contribution in [2.45, 2.75) is 13.8 Å². The normalized spacial score (nSPS) is 9.77. The summed E-state index contributed by atoms with van der Waals surface area (Å²) in [6.45, 7) is 3.88. The van der Waals surface area contributed by atoms with E-state index in [1.165, 1.54) is 5.56 Å². The highest BCUT2D eigenvalue weighted by atomic mass is 16.5. The predicted molar refractivity (Wildman–Crippen MR) is 50.6 cm³/mol. The molecule has 0 aliphatic carbocycles. The lowest BCUT2D eigenvalue weighted by molar-refractivity contribution is -0.132. The topological polar surface area (TPSA) is 52.3 Å². The van der Waals surface area contributed by atoms with Gasteiger partial charge in [0.1, 0.15) is 5.75 Å². The number of hydrogen-bond acceptors (Lipinski definition) is 3. The number of nitrogens with two attached hydrogens (primary N) is 1. The van der Waals surface area contributed by atoms with Gasteiger partial charge in [0, 0.05) is 0 Å². The van der Waals surface area contributed by atoms with Crippen LogP contribution in [0.25, 0.3) is 0 Å². The molecule has 0 aliphatic rings. The zero-order valence-corrected chi connectivity index (χ0v) is 7.83. The first-order chi connectivity index (χ1) is 6.13. The van der Waals surface area contributed by atoms with Crippen molar-refractivity contribution in [2.24, 2.45) is 5.73 Å². The Labute approximate surface area is 77.5 Å². The van der Waals surface area contributed by atoms with Crippen LogP contribution in [0.3, 0.4) is 0 Å². The summed E-state index contributed by atoms with van der Waals surface area (Å²) in [5.74, 6) is 0.141. The van der Waals surface area contributed by atoms with Gasteiger partial charge in [-0.15, -0.1) is 0 Å². The van der Waals surface area contributed by atoms with Crippen LogP contribution in [0.5, 0.6) is 5.75 Å². The molecule has 0 aliphatic heterocycles. The summed E-state index contributed by atoms with van der Waals surface area (Å²) in [6.07, 6.45) is 0. The summed E-state index contributed by atoms with van der Waals surface area (Å²) < 4.78 is 4.94. The summed E-state index contributed by atoms with van der Waals surface area (Å²) >= 11 is 0. The third-order valence-corrected chi connectivity index (χ3v) is 1.88. The Balaban J connectivity index is 2.79. The molecule has 13 heavy (non-hydrogen) atoms. The van der Waals surface area contributed by atoms with E-state index in [1.54, 1.807) is 6.07 Å². The zero-order chi connectivity index (χ0) is 9.84. The highest BCUT2D eigenvalue weighted by Crippen LogP contribution is 2.16. The fourth-order valence-electron chi connectivity index (χ4n) is 0.951. The minimum atomic E-state index is -0.414. The Morgan fingerprint density at radius 1 is 1.38 bits per heavy atom. The van der Waals surface area contributed by atoms with Gasteiger partial charge in [-0.3, -0.25) is 4.79 Å². The first-order valence-electron chi connectivity index (χ1n) is 4.11. The number of esters is 1. The zero-order valence-electron chi connectivity index (χ0n) is 7.83. The lowest BCUT2D eigenvalue weighted by atomic mass is 10.1. The van der Waals surface area contributed by atoms with Crippen molar-refractivity contribution in [3.63, 3.8) is 0 Å². The molecule has 0 saturated carbocycles. The Morgan fingerprint density at radius 3 is 2.62 bits per heavy atom. The summed E-state index contributed by atoms with van der Waals surface area (Å²) in [4.78, 5) is 10.8. The molecular formula is C10H13NO2. The fraction of sp³-hybridized carbons (Fsp3) is 0.300. The minimum Gasteiger partial charge on any atom is -0.426 e. The molecule has 1 aromatic carbocycles. The van der Waals surface area contributed by atoms with Crippen LogP contribution in [0, 0.1) is 13.8 Å². The van der Waals surface area contributed by atoms with Crippen molar-refractivity contribution in [2.75, 3.05) is 6.54 Å². The van der Waals surface area contributed by atoms with Crippen LogP contribution in [0.4, 0.5) is 0 Å². The van der Waals surface area contributed by atoms with Gasteiger partial charge in [-0.05, 0) is 37.1 Å². The van der Waals surface area contributed by atoms with Gasteiger partial charge in [0.15, 0.2) is 0 Å². The molecule has 3 nitrogen and oxygen atoms in total. The maximum absolute atomic E-state index is 10.8. The van der Waals surface area contributed by atoms with Crippen LogP contribution in [-0.4, -0.2) is 12.5 Å². The van der Waals surface area contributed by atoms with Crippen LogP contribution in [0.1, 0.15) is 11.1 Å². The van der Waals surface area contributed by atoms with E-state index in [9.17, 15) is 4.79 Å². The van der Waals surface area contributed by atoms with Crippen LogP contribution in [-0.2, 0) is 4.79 Å². The molecule has 1 aromatic rings. The number of hydrogen-bond donors (Lipinski definition) is 1. The highest BCUT2D eigenvalue weighted by molar-refractivity contribution is 5.74. The van der Waals surface area contributed by atoms with E-state index in [1.807, 2.05) is 26.0 Å². The molecule has 0 aromatic heterocycles. The van der Waals surface area contributed by atoms with Gasteiger partial charge >= 0.3 is 5.97 Å². The third-order valence-electron chi connectivity index (χ3n) is 1.88. The molecule has 1 rings (SSSR count). The number of rotatable bonds is 2. The number of aryl methyl sites for hydroxylation is 2. The average molecular weight is 179 g/mol. The highest BCUT2D eigenvalue weighted by Gasteiger charge is 2.02. The lowest BCUT2D eigenvalue weighted by Gasteiger charge is -2.04. The Kier molecular flexibility index (Phi) is 3.03. The van der Waals surface area contributed by atoms with Crippen LogP contribution < -0.4 is 10.5 Å². The van der Waals surface area contributed by atoms with Crippen molar-refractivity contribution >= 4 is 5.97 Å². The Bertz CT molecular complexity index is 321. The van der Waals surface area contributed by atoms with Crippen LogP contribution in [0.2, 0.25) is 0 Å². The molecule has 0 radical (unpaired) electrons. The molecule has 0 spiro atoms. The maximum atomic E-state index is 10.8. The van der Waals surface area contributed by atoms with Crippen LogP contribution >= 0.6 is 0 Å². The molecule has 0 amide bonds. The van der Waals surface area contributed by atoms with Crippen molar-refractivity contribution in [3.05, 3.63) is 29.3 Å². The summed E-state index contributed by atoms with van der Waals surface area (Å²) in [5.41, 5.74) is 7.39. The summed E-state index contributed by atoms with van der Waals surface area (Å²) in [7, 11) is 0. The van der Waals surface area contributed by atoms with Gasteiger partial charge in [-0.2, -0.15) is 0 Å². The third kappa shape index (κ3) is 2.56. The number of carbonyl (C=O) groups excluding carboxylic acids is 1. The second kappa shape index (κ2) is 4.05. The summed E-state index contributed by atoms with van der Waals surface area (Å²) in [5, 5.41) is 0. The maximum Gasteiger partial charge on any atom is 0.325 e. The molecular weight excluding hydrogens is 166 g/mol. The second-order valence-electron chi connectivity index (χ2n) is 2.92. The van der Waals surface area contributed by atoms with E-state index in [0.717, 1.165) is 5.56 Å². The van der Waals surface area contributed by atoms with Crippen LogP contribution in [0.15, 0.2) is 18.2 Å². The molecule has 0 fully saturated rings. The van der Waals surface area contributed by atoms with Gasteiger partial charge in [0.05, 0.1) is 6.54 Å². The minimum absolute atomic E-state index is 0.0904. The number of carbonyl (C=O) groups is 1. The largest absolute Gasteiger partial charge is 0.426 e. The molecule has 0 saturated heterocycles. The van der Waals surface area contributed by atoms with Gasteiger partial charge in [-0.25, -0.2) is 0 Å². The van der Waals surface area contributed by atoms with E-state index in [0.29, 0.717) is 5.75 Å². The van der Waals surface area contributed by atoms with Crippen molar-refractivity contribution in [3.8, 4) is 5.75 Å². The van der Waals surface area contributed by atoms with E-state index < -0.39 is 5.97 Å². The molecule has 3 heteroatoms. The van der Waals surface area contributed by atoms with Gasteiger partial charge in [0.2, 0.25) is 0 Å². The molecule has 0 bridgehead atoms. The first kappa shape index (κ1) is 9.74. The van der Waals surface area contributed by atoms with E-state index >= 15 is 0 Å². The predicted octanol–water partition coefficient (Wildman–Crippen LogP) is 1.17. The van der Waals surface area contributed by atoms with Crippen molar-refractivity contribution in [1.82, 2.24) is 0 Å². The summed E-state index contributed by atoms with van der Waals surface area (Å²) in [6, 6.07) is 5.49. The van der Waals surface area contributed by atoms with Crippen molar-refractivity contribution in [1.29, 1.82) is 0 Å². The molecule has 0 heterocycles. The average Bonchev–Trinajstić information content (AvgIpc) is 2.11. The fourth-order valence-corrected chi connectivity index (χ4v) is 0.951.